The molecule has 0 aliphatic rings. The van der Waals surface area contributed by atoms with E-state index < -0.39 is 11.7 Å². The molecule has 0 spiro atoms. The van der Waals surface area contributed by atoms with Gasteiger partial charge in [0.15, 0.2) is 0 Å². The minimum absolute atomic E-state index is 0.0978. The summed E-state index contributed by atoms with van der Waals surface area (Å²) in [6.45, 7) is 3.61. The third-order valence-electron chi connectivity index (χ3n) is 2.10. The van der Waals surface area contributed by atoms with E-state index in [0.717, 1.165) is 6.07 Å². The van der Waals surface area contributed by atoms with Gasteiger partial charge in [-0.3, -0.25) is 0 Å². The van der Waals surface area contributed by atoms with Gasteiger partial charge in [0, 0.05) is 0 Å². The van der Waals surface area contributed by atoms with Crippen molar-refractivity contribution in [1.82, 2.24) is 0 Å². The lowest BCUT2D eigenvalue weighted by Gasteiger charge is -2.17. The largest absolute Gasteiger partial charge is 0.490 e. The second-order valence-corrected chi connectivity index (χ2v) is 3.33. The van der Waals surface area contributed by atoms with Gasteiger partial charge in [0.1, 0.15) is 5.75 Å². The summed E-state index contributed by atoms with van der Waals surface area (Å²) in [5.74, 6) is -0.0978. The summed E-state index contributed by atoms with van der Waals surface area (Å²) >= 11 is 0. The number of ether oxygens (including phenoxy) is 1. The molecular formula is C11H13F3O. The molecule has 0 aromatic heterocycles. The van der Waals surface area contributed by atoms with Crippen LogP contribution in [-0.2, 0) is 6.18 Å². The molecule has 1 aromatic rings. The van der Waals surface area contributed by atoms with Gasteiger partial charge in [-0.1, -0.05) is 19.1 Å². The summed E-state index contributed by atoms with van der Waals surface area (Å²) in [6, 6.07) is 5.26. The Bertz CT molecular complexity index is 320. The second-order valence-electron chi connectivity index (χ2n) is 3.33. The first-order valence-electron chi connectivity index (χ1n) is 4.78. The lowest BCUT2D eigenvalue weighted by atomic mass is 10.2. The Balaban J connectivity index is 2.97. The molecule has 1 aromatic carbocycles. The van der Waals surface area contributed by atoms with Crippen LogP contribution in [0.15, 0.2) is 24.3 Å². The highest BCUT2D eigenvalue weighted by Crippen LogP contribution is 2.36. The SMILES string of the molecule is CCC(C)Oc1ccccc1C(F)(F)F. The van der Waals surface area contributed by atoms with E-state index in [1.807, 2.05) is 6.92 Å². The Morgan fingerprint density at radius 1 is 1.27 bits per heavy atom. The zero-order chi connectivity index (χ0) is 11.5. The average Bonchev–Trinajstić information content (AvgIpc) is 2.17. The summed E-state index contributed by atoms with van der Waals surface area (Å²) in [4.78, 5) is 0. The standard InChI is InChI=1S/C11H13F3O/c1-3-8(2)15-10-7-5-4-6-9(10)11(12,13)14/h4-8H,3H2,1-2H3. The van der Waals surface area contributed by atoms with Crippen molar-refractivity contribution in [3.8, 4) is 5.75 Å². The molecule has 0 heterocycles. The third kappa shape index (κ3) is 3.15. The second kappa shape index (κ2) is 4.55. The van der Waals surface area contributed by atoms with Crippen molar-refractivity contribution < 1.29 is 17.9 Å². The van der Waals surface area contributed by atoms with E-state index >= 15 is 0 Å². The lowest BCUT2D eigenvalue weighted by Crippen LogP contribution is -2.14. The maximum absolute atomic E-state index is 12.5. The van der Waals surface area contributed by atoms with Gasteiger partial charge < -0.3 is 4.74 Å². The highest BCUT2D eigenvalue weighted by molar-refractivity contribution is 5.35. The molecule has 1 atom stereocenters. The fourth-order valence-electron chi connectivity index (χ4n) is 1.10. The predicted octanol–water partition coefficient (Wildman–Crippen LogP) is 3.88. The van der Waals surface area contributed by atoms with E-state index in [0.29, 0.717) is 6.42 Å². The summed E-state index contributed by atoms with van der Waals surface area (Å²) in [5, 5.41) is 0. The number of para-hydroxylation sites is 1. The van der Waals surface area contributed by atoms with E-state index in [1.165, 1.54) is 18.2 Å². The number of hydrogen-bond acceptors (Lipinski definition) is 1. The van der Waals surface area contributed by atoms with Crippen LogP contribution in [-0.4, -0.2) is 6.10 Å². The summed E-state index contributed by atoms with van der Waals surface area (Å²) in [6.07, 6.45) is -3.90. The van der Waals surface area contributed by atoms with E-state index in [9.17, 15) is 13.2 Å². The number of benzene rings is 1. The molecule has 0 fully saturated rings. The van der Waals surface area contributed by atoms with Crippen LogP contribution in [0.4, 0.5) is 13.2 Å². The van der Waals surface area contributed by atoms with Crippen LogP contribution >= 0.6 is 0 Å². The van der Waals surface area contributed by atoms with Crippen molar-refractivity contribution in [3.63, 3.8) is 0 Å². The first-order valence-corrected chi connectivity index (χ1v) is 4.78. The minimum Gasteiger partial charge on any atom is -0.490 e. The van der Waals surface area contributed by atoms with Crippen LogP contribution < -0.4 is 4.74 Å². The molecule has 0 aliphatic carbocycles. The molecule has 0 amide bonds. The average molecular weight is 218 g/mol. The van der Waals surface area contributed by atoms with Crippen LogP contribution in [0.1, 0.15) is 25.8 Å². The summed E-state index contributed by atoms with van der Waals surface area (Å²) in [7, 11) is 0. The normalized spacial score (nSPS) is 13.7. The van der Waals surface area contributed by atoms with E-state index in [1.54, 1.807) is 6.92 Å². The van der Waals surface area contributed by atoms with Crippen LogP contribution in [0.3, 0.4) is 0 Å². The number of rotatable bonds is 3. The Morgan fingerprint density at radius 2 is 1.87 bits per heavy atom. The lowest BCUT2D eigenvalue weighted by molar-refractivity contribution is -0.139. The number of halogens is 3. The maximum atomic E-state index is 12.5. The third-order valence-corrected chi connectivity index (χ3v) is 2.10. The molecule has 0 saturated carbocycles. The quantitative estimate of drug-likeness (QED) is 0.748. The fraction of sp³-hybridized carbons (Fsp3) is 0.455. The van der Waals surface area contributed by atoms with E-state index in [4.69, 9.17) is 4.74 Å². The molecule has 15 heavy (non-hydrogen) atoms. The van der Waals surface area contributed by atoms with Crippen molar-refractivity contribution in [2.45, 2.75) is 32.5 Å². The van der Waals surface area contributed by atoms with Crippen molar-refractivity contribution in [2.75, 3.05) is 0 Å². The predicted molar refractivity (Wildman–Crippen MR) is 51.8 cm³/mol. The molecule has 84 valence electrons. The number of hydrogen-bond donors (Lipinski definition) is 0. The molecule has 4 heteroatoms. The minimum atomic E-state index is -4.36. The first-order chi connectivity index (χ1) is 6.95. The molecule has 0 N–H and O–H groups in total. The molecule has 1 rings (SSSR count). The maximum Gasteiger partial charge on any atom is 0.419 e. The molecular weight excluding hydrogens is 205 g/mol. The Kier molecular flexibility index (Phi) is 3.61. The summed E-state index contributed by atoms with van der Waals surface area (Å²) < 4.78 is 42.8. The van der Waals surface area contributed by atoms with E-state index in [-0.39, 0.29) is 11.9 Å². The van der Waals surface area contributed by atoms with Gasteiger partial charge in [-0.2, -0.15) is 13.2 Å². The molecule has 0 radical (unpaired) electrons. The molecule has 1 unspecified atom stereocenters. The van der Waals surface area contributed by atoms with Crippen molar-refractivity contribution in [3.05, 3.63) is 29.8 Å². The van der Waals surface area contributed by atoms with Crippen molar-refractivity contribution >= 4 is 0 Å². The molecule has 0 saturated heterocycles. The first kappa shape index (κ1) is 11.9. The van der Waals surface area contributed by atoms with Gasteiger partial charge in [-0.15, -0.1) is 0 Å². The fourth-order valence-corrected chi connectivity index (χ4v) is 1.10. The van der Waals surface area contributed by atoms with Crippen molar-refractivity contribution in [2.24, 2.45) is 0 Å². The smallest absolute Gasteiger partial charge is 0.419 e. The van der Waals surface area contributed by atoms with Crippen LogP contribution in [0.2, 0.25) is 0 Å². The van der Waals surface area contributed by atoms with Gasteiger partial charge >= 0.3 is 6.18 Å². The molecule has 1 nitrogen and oxygen atoms in total. The highest BCUT2D eigenvalue weighted by Gasteiger charge is 2.34. The van der Waals surface area contributed by atoms with Gasteiger partial charge in [0.2, 0.25) is 0 Å². The topological polar surface area (TPSA) is 9.23 Å². The van der Waals surface area contributed by atoms with Gasteiger partial charge in [-0.25, -0.2) is 0 Å². The molecule has 0 bridgehead atoms. The number of alkyl halides is 3. The zero-order valence-electron chi connectivity index (χ0n) is 8.64. The zero-order valence-corrected chi connectivity index (χ0v) is 8.64. The van der Waals surface area contributed by atoms with Crippen molar-refractivity contribution in [1.29, 1.82) is 0 Å². The molecule has 0 aliphatic heterocycles. The van der Waals surface area contributed by atoms with Gasteiger partial charge in [0.05, 0.1) is 11.7 Å². The van der Waals surface area contributed by atoms with Gasteiger partial charge in [0.25, 0.3) is 0 Å². The Labute approximate surface area is 86.9 Å². The van der Waals surface area contributed by atoms with Crippen LogP contribution in [0.25, 0.3) is 0 Å². The van der Waals surface area contributed by atoms with E-state index in [2.05, 4.69) is 0 Å². The monoisotopic (exact) mass is 218 g/mol. The summed E-state index contributed by atoms with van der Waals surface area (Å²) in [5.41, 5.74) is -0.717. The van der Waals surface area contributed by atoms with Crippen LogP contribution in [0.5, 0.6) is 5.75 Å². The Morgan fingerprint density at radius 3 is 2.40 bits per heavy atom. The Hall–Kier alpha value is -1.19. The van der Waals surface area contributed by atoms with Crippen LogP contribution in [0, 0.1) is 0 Å². The van der Waals surface area contributed by atoms with Gasteiger partial charge in [-0.05, 0) is 25.5 Å². The highest BCUT2D eigenvalue weighted by atomic mass is 19.4.